The van der Waals surface area contributed by atoms with E-state index < -0.39 is 0 Å². The molecular formula is C8H5IN2O. The van der Waals surface area contributed by atoms with E-state index in [4.69, 9.17) is 0 Å². The van der Waals surface area contributed by atoms with E-state index in [-0.39, 0.29) is 0 Å². The van der Waals surface area contributed by atoms with E-state index in [0.717, 1.165) is 15.6 Å². The summed E-state index contributed by atoms with van der Waals surface area (Å²) in [6.07, 6.45) is 2.65. The fourth-order valence-corrected chi connectivity index (χ4v) is 1.73. The molecule has 0 aliphatic rings. The lowest BCUT2D eigenvalue weighted by Crippen LogP contribution is -1.90. The molecule has 2 aromatic heterocycles. The summed E-state index contributed by atoms with van der Waals surface area (Å²) in [4.78, 5) is 14.8. The van der Waals surface area contributed by atoms with E-state index in [1.54, 1.807) is 4.40 Å². The first kappa shape index (κ1) is 7.72. The molecule has 0 spiro atoms. The predicted molar refractivity (Wildman–Crippen MR) is 53.3 cm³/mol. The van der Waals surface area contributed by atoms with Crippen molar-refractivity contribution in [2.24, 2.45) is 0 Å². The topological polar surface area (TPSA) is 34.4 Å². The lowest BCUT2D eigenvalue weighted by molar-refractivity contribution is 0.111. The maximum absolute atomic E-state index is 10.6. The smallest absolute Gasteiger partial charge is 0.169 e. The first-order valence-corrected chi connectivity index (χ1v) is 4.48. The Balaban J connectivity index is 2.90. The molecule has 0 unspecified atom stereocenters. The van der Waals surface area contributed by atoms with Crippen molar-refractivity contribution in [3.63, 3.8) is 0 Å². The monoisotopic (exact) mass is 272 g/mol. The van der Waals surface area contributed by atoms with E-state index >= 15 is 0 Å². The van der Waals surface area contributed by atoms with Crippen LogP contribution in [0.15, 0.2) is 24.4 Å². The molecule has 0 aliphatic heterocycles. The molecule has 0 fully saturated rings. The number of aromatic nitrogens is 2. The number of carbonyl (C=O) groups is 1. The van der Waals surface area contributed by atoms with Gasteiger partial charge in [0.1, 0.15) is 15.0 Å². The van der Waals surface area contributed by atoms with Crippen LogP contribution < -0.4 is 0 Å². The van der Waals surface area contributed by atoms with Crippen LogP contribution in [-0.2, 0) is 0 Å². The van der Waals surface area contributed by atoms with E-state index in [1.165, 1.54) is 0 Å². The van der Waals surface area contributed by atoms with Gasteiger partial charge in [0, 0.05) is 6.20 Å². The number of nitrogens with zero attached hydrogens (tertiary/aromatic N) is 2. The number of carbonyl (C=O) groups excluding carboxylic acids is 1. The zero-order chi connectivity index (χ0) is 8.55. The Hall–Kier alpha value is -0.910. The average molecular weight is 272 g/mol. The highest BCUT2D eigenvalue weighted by molar-refractivity contribution is 14.1. The fraction of sp³-hybridized carbons (Fsp3) is 0. The number of aldehydes is 1. The summed E-state index contributed by atoms with van der Waals surface area (Å²) < 4.78 is 2.52. The van der Waals surface area contributed by atoms with Gasteiger partial charge in [-0.3, -0.25) is 9.20 Å². The maximum Gasteiger partial charge on any atom is 0.169 e. The van der Waals surface area contributed by atoms with Crippen molar-refractivity contribution in [1.29, 1.82) is 0 Å². The highest BCUT2D eigenvalue weighted by Crippen LogP contribution is 2.11. The number of rotatable bonds is 1. The van der Waals surface area contributed by atoms with Crippen molar-refractivity contribution in [3.8, 4) is 0 Å². The Morgan fingerprint density at radius 2 is 2.33 bits per heavy atom. The molecule has 0 aromatic carbocycles. The van der Waals surface area contributed by atoms with Crippen molar-refractivity contribution in [1.82, 2.24) is 9.38 Å². The molecule has 2 heterocycles. The molecule has 0 amide bonds. The second kappa shape index (κ2) is 2.85. The Morgan fingerprint density at radius 1 is 1.50 bits per heavy atom. The van der Waals surface area contributed by atoms with Gasteiger partial charge in [0.05, 0.1) is 0 Å². The van der Waals surface area contributed by atoms with Crippen LogP contribution in [0.1, 0.15) is 10.5 Å². The second-order valence-corrected chi connectivity index (χ2v) is 3.36. The minimum absolute atomic E-state index is 0.617. The van der Waals surface area contributed by atoms with E-state index in [0.29, 0.717) is 5.69 Å². The van der Waals surface area contributed by atoms with Gasteiger partial charge in [0.25, 0.3) is 0 Å². The van der Waals surface area contributed by atoms with Gasteiger partial charge in [-0.15, -0.1) is 0 Å². The summed E-state index contributed by atoms with van der Waals surface area (Å²) >= 11 is 2.05. The Bertz CT molecular complexity index is 436. The number of hydrogen-bond acceptors (Lipinski definition) is 2. The zero-order valence-corrected chi connectivity index (χ0v) is 8.22. The molecule has 0 aliphatic carbocycles. The summed E-state index contributed by atoms with van der Waals surface area (Å²) in [5.41, 5.74) is 1.43. The van der Waals surface area contributed by atoms with E-state index in [2.05, 4.69) is 27.6 Å². The quantitative estimate of drug-likeness (QED) is 0.585. The molecule has 0 bridgehead atoms. The fourth-order valence-electron chi connectivity index (χ4n) is 1.09. The molecule has 2 aromatic rings. The molecule has 0 N–H and O–H groups in total. The number of imidazole rings is 1. The van der Waals surface area contributed by atoms with Gasteiger partial charge >= 0.3 is 0 Å². The molecule has 0 radical (unpaired) electrons. The number of hydrogen-bond donors (Lipinski definition) is 0. The van der Waals surface area contributed by atoms with Crippen LogP contribution in [0.4, 0.5) is 0 Å². The van der Waals surface area contributed by atoms with Crippen LogP contribution in [0.2, 0.25) is 0 Å². The third-order valence-corrected chi connectivity index (χ3v) is 2.43. The second-order valence-electron chi connectivity index (χ2n) is 2.33. The Labute approximate surface area is 82.6 Å². The van der Waals surface area contributed by atoms with Crippen LogP contribution in [0.3, 0.4) is 0 Å². The average Bonchev–Trinajstić information content (AvgIpc) is 2.40. The first-order valence-electron chi connectivity index (χ1n) is 3.40. The summed E-state index contributed by atoms with van der Waals surface area (Å²) in [5.74, 6) is 0. The number of halogens is 1. The molecule has 60 valence electrons. The van der Waals surface area contributed by atoms with E-state index in [9.17, 15) is 4.79 Å². The predicted octanol–water partition coefficient (Wildman–Crippen LogP) is 1.75. The first-order chi connectivity index (χ1) is 5.83. The molecule has 0 saturated carbocycles. The van der Waals surface area contributed by atoms with Gasteiger partial charge in [-0.2, -0.15) is 0 Å². The molecule has 2 rings (SSSR count). The highest BCUT2D eigenvalue weighted by Gasteiger charge is 2.06. The largest absolute Gasteiger partial charge is 0.296 e. The van der Waals surface area contributed by atoms with Gasteiger partial charge in [-0.05, 0) is 34.7 Å². The van der Waals surface area contributed by atoms with E-state index in [1.807, 2.05) is 24.4 Å². The standard InChI is InChI=1S/C8H5IN2O/c9-8-6(5-12)11-4-2-1-3-7(11)10-8/h1-5H. The molecule has 12 heavy (non-hydrogen) atoms. The van der Waals surface area contributed by atoms with Crippen molar-refractivity contribution < 1.29 is 4.79 Å². The van der Waals surface area contributed by atoms with Crippen molar-refractivity contribution in [3.05, 3.63) is 33.8 Å². The molecule has 3 nitrogen and oxygen atoms in total. The van der Waals surface area contributed by atoms with Crippen molar-refractivity contribution in [2.75, 3.05) is 0 Å². The summed E-state index contributed by atoms with van der Waals surface area (Å²) in [6.45, 7) is 0. The lowest BCUT2D eigenvalue weighted by atomic mass is 10.4. The number of pyridine rings is 1. The minimum atomic E-state index is 0.617. The van der Waals surface area contributed by atoms with Crippen molar-refractivity contribution in [2.45, 2.75) is 0 Å². The van der Waals surface area contributed by atoms with Crippen LogP contribution in [-0.4, -0.2) is 15.7 Å². The Kier molecular flexibility index (Phi) is 1.84. The van der Waals surface area contributed by atoms with Gasteiger partial charge in [-0.25, -0.2) is 4.98 Å². The van der Waals surface area contributed by atoms with Gasteiger partial charge in [-0.1, -0.05) is 6.07 Å². The molecular weight excluding hydrogens is 267 g/mol. The molecule has 0 atom stereocenters. The highest BCUT2D eigenvalue weighted by atomic mass is 127. The lowest BCUT2D eigenvalue weighted by Gasteiger charge is -1.91. The van der Waals surface area contributed by atoms with Crippen LogP contribution in [0, 0.1) is 3.70 Å². The van der Waals surface area contributed by atoms with Crippen molar-refractivity contribution >= 4 is 34.5 Å². The van der Waals surface area contributed by atoms with Crippen LogP contribution in [0.5, 0.6) is 0 Å². The Morgan fingerprint density at radius 3 is 3.08 bits per heavy atom. The third kappa shape index (κ3) is 1.03. The summed E-state index contributed by atoms with van der Waals surface area (Å²) in [5, 5.41) is 0. The SMILES string of the molecule is O=Cc1c(I)nc2ccccn12. The van der Waals surface area contributed by atoms with Gasteiger partial charge in [0.15, 0.2) is 6.29 Å². The van der Waals surface area contributed by atoms with Crippen LogP contribution in [0.25, 0.3) is 5.65 Å². The van der Waals surface area contributed by atoms with Gasteiger partial charge < -0.3 is 0 Å². The van der Waals surface area contributed by atoms with Crippen LogP contribution >= 0.6 is 22.6 Å². The maximum atomic E-state index is 10.6. The number of fused-ring (bicyclic) bond motifs is 1. The molecule has 4 heteroatoms. The summed E-state index contributed by atoms with van der Waals surface area (Å²) in [6, 6.07) is 5.64. The molecule has 0 saturated heterocycles. The van der Waals surface area contributed by atoms with Gasteiger partial charge in [0.2, 0.25) is 0 Å². The normalized spacial score (nSPS) is 10.4. The minimum Gasteiger partial charge on any atom is -0.296 e. The zero-order valence-electron chi connectivity index (χ0n) is 6.07. The third-order valence-electron chi connectivity index (χ3n) is 1.63. The summed E-state index contributed by atoms with van der Waals surface area (Å²) in [7, 11) is 0.